The normalized spacial score (nSPS) is 10.1. The Balaban J connectivity index is 2.17. The Morgan fingerprint density at radius 2 is 2.30 bits per heavy atom. The second-order valence-corrected chi connectivity index (χ2v) is 4.70. The molecule has 0 unspecified atom stereocenters. The molecule has 0 saturated carbocycles. The third-order valence-electron chi connectivity index (χ3n) is 2.79. The van der Waals surface area contributed by atoms with Gasteiger partial charge in [-0.05, 0) is 24.3 Å². The van der Waals surface area contributed by atoms with Gasteiger partial charge >= 0.3 is 0 Å². The van der Waals surface area contributed by atoms with Crippen LogP contribution in [0.3, 0.4) is 0 Å². The Bertz CT molecular complexity index is 659. The molecule has 0 saturated heterocycles. The lowest BCUT2D eigenvalue weighted by atomic mass is 10.3. The van der Waals surface area contributed by atoms with E-state index in [4.69, 9.17) is 16.9 Å². The summed E-state index contributed by atoms with van der Waals surface area (Å²) in [6.45, 7) is 0.388. The van der Waals surface area contributed by atoms with Gasteiger partial charge in [0.05, 0.1) is 18.2 Å². The fourth-order valence-corrected chi connectivity index (χ4v) is 1.90. The van der Waals surface area contributed by atoms with E-state index in [2.05, 4.69) is 5.10 Å². The van der Waals surface area contributed by atoms with Crippen molar-refractivity contribution in [1.82, 2.24) is 14.7 Å². The lowest BCUT2D eigenvalue weighted by molar-refractivity contribution is 0.0792. The third kappa shape index (κ3) is 3.16. The van der Waals surface area contributed by atoms with Gasteiger partial charge in [0.15, 0.2) is 5.69 Å². The first-order valence-corrected chi connectivity index (χ1v) is 6.43. The number of carbonyl (C=O) groups excluding carboxylic acids is 1. The molecule has 1 aromatic heterocycles. The number of nitriles is 1. The average molecular weight is 289 g/mol. The molecule has 0 fully saturated rings. The second kappa shape index (κ2) is 6.22. The first-order chi connectivity index (χ1) is 9.61. The first-order valence-electron chi connectivity index (χ1n) is 6.06. The molecule has 0 aliphatic rings. The van der Waals surface area contributed by atoms with Gasteiger partial charge in [-0.2, -0.15) is 10.4 Å². The van der Waals surface area contributed by atoms with Crippen molar-refractivity contribution in [3.8, 4) is 11.8 Å². The molecule has 2 rings (SSSR count). The van der Waals surface area contributed by atoms with Gasteiger partial charge in [0.1, 0.15) is 0 Å². The van der Waals surface area contributed by atoms with E-state index in [-0.39, 0.29) is 5.91 Å². The largest absolute Gasteiger partial charge is 0.339 e. The van der Waals surface area contributed by atoms with Crippen molar-refractivity contribution in [2.24, 2.45) is 0 Å². The van der Waals surface area contributed by atoms with E-state index in [0.29, 0.717) is 23.7 Å². The first kappa shape index (κ1) is 14.1. The number of amides is 1. The van der Waals surface area contributed by atoms with Crippen LogP contribution in [0.2, 0.25) is 5.02 Å². The van der Waals surface area contributed by atoms with Gasteiger partial charge in [0.25, 0.3) is 5.91 Å². The summed E-state index contributed by atoms with van der Waals surface area (Å²) in [5, 5.41) is 13.4. The zero-order valence-corrected chi connectivity index (χ0v) is 11.7. The highest BCUT2D eigenvalue weighted by molar-refractivity contribution is 6.30. The highest BCUT2D eigenvalue weighted by Crippen LogP contribution is 2.14. The van der Waals surface area contributed by atoms with Crippen LogP contribution >= 0.6 is 11.6 Å². The lowest BCUT2D eigenvalue weighted by Gasteiger charge is -2.13. The van der Waals surface area contributed by atoms with Crippen LogP contribution in [0.5, 0.6) is 0 Å². The van der Waals surface area contributed by atoms with Crippen LogP contribution in [0.1, 0.15) is 16.9 Å². The average Bonchev–Trinajstić information content (AvgIpc) is 2.93. The summed E-state index contributed by atoms with van der Waals surface area (Å²) >= 11 is 5.92. The molecule has 1 heterocycles. The quantitative estimate of drug-likeness (QED) is 0.868. The maximum absolute atomic E-state index is 12.1. The smallest absolute Gasteiger partial charge is 0.274 e. The van der Waals surface area contributed by atoms with E-state index < -0.39 is 0 Å². The number of benzene rings is 1. The number of carbonyl (C=O) groups is 1. The van der Waals surface area contributed by atoms with Crippen molar-refractivity contribution in [3.05, 3.63) is 47.2 Å². The van der Waals surface area contributed by atoms with Crippen molar-refractivity contribution in [2.45, 2.75) is 6.42 Å². The molecule has 0 N–H and O–H groups in total. The standard InChI is InChI=1S/C14H13ClN4O/c1-18(8-3-7-16)14(20)13-6-9-19(17-13)12-5-2-4-11(15)10-12/h2,4-6,9-10H,3,8H2,1H3. The molecule has 5 nitrogen and oxygen atoms in total. The van der Waals surface area contributed by atoms with Crippen molar-refractivity contribution < 1.29 is 4.79 Å². The van der Waals surface area contributed by atoms with Crippen molar-refractivity contribution >= 4 is 17.5 Å². The molecule has 1 amide bonds. The number of nitrogens with zero attached hydrogens (tertiary/aromatic N) is 4. The fraction of sp³-hybridized carbons (Fsp3) is 0.214. The van der Waals surface area contributed by atoms with Crippen molar-refractivity contribution in [3.63, 3.8) is 0 Å². The molecule has 0 spiro atoms. The van der Waals surface area contributed by atoms with E-state index in [9.17, 15) is 4.79 Å². The minimum atomic E-state index is -0.207. The van der Waals surface area contributed by atoms with Gasteiger partial charge in [-0.25, -0.2) is 4.68 Å². The van der Waals surface area contributed by atoms with Crippen molar-refractivity contribution in [2.75, 3.05) is 13.6 Å². The van der Waals surface area contributed by atoms with E-state index >= 15 is 0 Å². The molecular weight excluding hydrogens is 276 g/mol. The predicted octanol–water partition coefficient (Wildman–Crippen LogP) is 2.51. The lowest BCUT2D eigenvalue weighted by Crippen LogP contribution is -2.28. The van der Waals surface area contributed by atoms with Crippen LogP contribution in [0.4, 0.5) is 0 Å². The third-order valence-corrected chi connectivity index (χ3v) is 3.02. The number of hydrogen-bond acceptors (Lipinski definition) is 3. The molecule has 20 heavy (non-hydrogen) atoms. The second-order valence-electron chi connectivity index (χ2n) is 4.26. The molecule has 102 valence electrons. The summed E-state index contributed by atoms with van der Waals surface area (Å²) in [6.07, 6.45) is 2.01. The summed E-state index contributed by atoms with van der Waals surface area (Å²) in [4.78, 5) is 13.6. The fourth-order valence-electron chi connectivity index (χ4n) is 1.72. The topological polar surface area (TPSA) is 61.9 Å². The van der Waals surface area contributed by atoms with Crippen LogP contribution in [0.15, 0.2) is 36.5 Å². The van der Waals surface area contributed by atoms with E-state index in [1.165, 1.54) is 4.90 Å². The Morgan fingerprint density at radius 1 is 1.50 bits per heavy atom. The Morgan fingerprint density at radius 3 is 3.00 bits per heavy atom. The minimum Gasteiger partial charge on any atom is -0.339 e. The van der Waals surface area contributed by atoms with Crippen LogP contribution in [-0.2, 0) is 0 Å². The Labute approximate surface area is 122 Å². The zero-order chi connectivity index (χ0) is 14.5. The van der Waals surface area contributed by atoms with E-state index in [1.807, 2.05) is 18.2 Å². The zero-order valence-electron chi connectivity index (χ0n) is 11.0. The molecule has 2 aromatic rings. The number of aromatic nitrogens is 2. The van der Waals surface area contributed by atoms with Gasteiger partial charge in [-0.15, -0.1) is 0 Å². The molecule has 1 aromatic carbocycles. The maximum Gasteiger partial charge on any atom is 0.274 e. The highest BCUT2D eigenvalue weighted by Gasteiger charge is 2.14. The molecule has 0 radical (unpaired) electrons. The molecular formula is C14H13ClN4O. The SMILES string of the molecule is CN(CCC#N)C(=O)c1ccn(-c2cccc(Cl)c2)n1. The molecule has 0 atom stereocenters. The summed E-state index contributed by atoms with van der Waals surface area (Å²) in [6, 6.07) is 10.9. The van der Waals surface area contributed by atoms with Crippen LogP contribution < -0.4 is 0 Å². The number of rotatable bonds is 4. The van der Waals surface area contributed by atoms with E-state index in [0.717, 1.165) is 5.69 Å². The van der Waals surface area contributed by atoms with Crippen molar-refractivity contribution in [1.29, 1.82) is 5.26 Å². The molecule has 6 heteroatoms. The summed E-state index contributed by atoms with van der Waals surface area (Å²) < 4.78 is 1.59. The molecule has 0 aliphatic heterocycles. The van der Waals surface area contributed by atoms with Crippen LogP contribution in [0, 0.1) is 11.3 Å². The highest BCUT2D eigenvalue weighted by atomic mass is 35.5. The van der Waals surface area contributed by atoms with Gasteiger partial charge in [-0.1, -0.05) is 17.7 Å². The monoisotopic (exact) mass is 288 g/mol. The van der Waals surface area contributed by atoms with Gasteiger partial charge < -0.3 is 4.90 Å². The van der Waals surface area contributed by atoms with Crippen LogP contribution in [0.25, 0.3) is 5.69 Å². The minimum absolute atomic E-state index is 0.207. The molecule has 0 bridgehead atoms. The summed E-state index contributed by atoms with van der Waals surface area (Å²) in [5.41, 5.74) is 1.13. The number of hydrogen-bond donors (Lipinski definition) is 0. The molecule has 0 aliphatic carbocycles. The summed E-state index contributed by atoms with van der Waals surface area (Å²) in [5.74, 6) is -0.207. The van der Waals surface area contributed by atoms with Gasteiger partial charge in [-0.3, -0.25) is 4.79 Å². The summed E-state index contributed by atoms with van der Waals surface area (Å²) in [7, 11) is 1.65. The Hall–Kier alpha value is -2.32. The maximum atomic E-state index is 12.1. The van der Waals surface area contributed by atoms with E-state index in [1.54, 1.807) is 36.1 Å². The number of halogens is 1. The van der Waals surface area contributed by atoms with Gasteiger partial charge in [0, 0.05) is 24.8 Å². The predicted molar refractivity (Wildman–Crippen MR) is 75.8 cm³/mol. The Kier molecular flexibility index (Phi) is 4.38. The van der Waals surface area contributed by atoms with Gasteiger partial charge in [0.2, 0.25) is 0 Å². The van der Waals surface area contributed by atoms with Crippen LogP contribution in [-0.4, -0.2) is 34.2 Å².